The lowest BCUT2D eigenvalue weighted by Crippen LogP contribution is -2.17. The Labute approximate surface area is 114 Å². The van der Waals surface area contributed by atoms with Crippen LogP contribution in [0.1, 0.15) is 23.8 Å². The zero-order valence-corrected chi connectivity index (χ0v) is 11.6. The summed E-state index contributed by atoms with van der Waals surface area (Å²) in [7, 11) is 0. The van der Waals surface area contributed by atoms with Crippen LogP contribution in [-0.4, -0.2) is 15.5 Å². The van der Waals surface area contributed by atoms with Crippen LogP contribution in [0.4, 0.5) is 5.82 Å². The molecule has 18 heavy (non-hydrogen) atoms. The molecule has 0 spiro atoms. The second-order valence-corrected chi connectivity index (χ2v) is 4.82. The second kappa shape index (κ2) is 5.82. The van der Waals surface area contributed by atoms with Crippen LogP contribution in [0.25, 0.3) is 0 Å². The summed E-state index contributed by atoms with van der Waals surface area (Å²) in [6, 6.07) is 7.27. The maximum atomic E-state index is 12.1. The van der Waals surface area contributed by atoms with Gasteiger partial charge in [-0.3, -0.25) is 4.79 Å². The summed E-state index contributed by atoms with van der Waals surface area (Å²) in [6.07, 6.45) is 4.54. The molecule has 0 aliphatic rings. The fourth-order valence-corrected chi connectivity index (χ4v) is 2.04. The van der Waals surface area contributed by atoms with Gasteiger partial charge in [-0.1, -0.05) is 22.9 Å². The number of hydrogen-bond acceptors (Lipinski definition) is 2. The van der Waals surface area contributed by atoms with E-state index in [2.05, 4.69) is 33.2 Å². The SMILES string of the molecule is CCCn1cccc1C(=O)Nc1cc(Br)ccn1. The zero-order chi connectivity index (χ0) is 13.0. The number of aryl methyl sites for hydroxylation is 1. The fraction of sp³-hybridized carbons (Fsp3) is 0.231. The van der Waals surface area contributed by atoms with Gasteiger partial charge in [0.15, 0.2) is 0 Å². The van der Waals surface area contributed by atoms with Crippen molar-refractivity contribution in [2.75, 3.05) is 5.32 Å². The topological polar surface area (TPSA) is 46.9 Å². The molecule has 94 valence electrons. The molecule has 1 N–H and O–H groups in total. The molecule has 2 heterocycles. The number of carbonyl (C=O) groups excluding carboxylic acids is 1. The zero-order valence-electron chi connectivity index (χ0n) is 10.1. The molecule has 0 aromatic carbocycles. The second-order valence-electron chi connectivity index (χ2n) is 3.90. The number of amides is 1. The number of nitrogens with zero attached hydrogens (tertiary/aromatic N) is 2. The summed E-state index contributed by atoms with van der Waals surface area (Å²) in [5.41, 5.74) is 0.652. The number of aromatic nitrogens is 2. The predicted molar refractivity (Wildman–Crippen MR) is 74.6 cm³/mol. The molecular formula is C13H14BrN3O. The molecule has 2 aromatic rings. The van der Waals surface area contributed by atoms with Crippen molar-refractivity contribution in [3.8, 4) is 0 Å². The smallest absolute Gasteiger partial charge is 0.273 e. The molecule has 0 aliphatic carbocycles. The first-order valence-corrected chi connectivity index (χ1v) is 6.58. The molecule has 1 amide bonds. The van der Waals surface area contributed by atoms with Gasteiger partial charge in [0.2, 0.25) is 0 Å². The maximum Gasteiger partial charge on any atom is 0.273 e. The molecule has 4 nitrogen and oxygen atoms in total. The Morgan fingerprint density at radius 1 is 1.50 bits per heavy atom. The number of hydrogen-bond donors (Lipinski definition) is 1. The van der Waals surface area contributed by atoms with Crippen molar-refractivity contribution in [3.63, 3.8) is 0 Å². The first-order valence-electron chi connectivity index (χ1n) is 5.78. The van der Waals surface area contributed by atoms with Gasteiger partial charge >= 0.3 is 0 Å². The van der Waals surface area contributed by atoms with Gasteiger partial charge in [0.25, 0.3) is 5.91 Å². The molecule has 0 atom stereocenters. The highest BCUT2D eigenvalue weighted by molar-refractivity contribution is 9.10. The molecule has 0 unspecified atom stereocenters. The van der Waals surface area contributed by atoms with Crippen molar-refractivity contribution in [2.24, 2.45) is 0 Å². The van der Waals surface area contributed by atoms with E-state index in [1.807, 2.05) is 29.0 Å². The molecule has 2 aromatic heterocycles. The van der Waals surface area contributed by atoms with Crippen LogP contribution in [0.15, 0.2) is 41.1 Å². The molecule has 2 rings (SSSR count). The van der Waals surface area contributed by atoms with Crippen molar-refractivity contribution in [3.05, 3.63) is 46.8 Å². The van der Waals surface area contributed by atoms with E-state index in [1.54, 1.807) is 12.3 Å². The number of rotatable bonds is 4. The number of nitrogens with one attached hydrogen (secondary N) is 1. The highest BCUT2D eigenvalue weighted by Gasteiger charge is 2.11. The predicted octanol–water partition coefficient (Wildman–Crippen LogP) is 3.31. The molecule has 0 radical (unpaired) electrons. The van der Waals surface area contributed by atoms with E-state index in [0.29, 0.717) is 11.5 Å². The average molecular weight is 308 g/mol. The minimum atomic E-state index is -0.140. The Bertz CT molecular complexity index is 551. The third-order valence-corrected chi connectivity index (χ3v) is 2.98. The van der Waals surface area contributed by atoms with Crippen LogP contribution in [-0.2, 0) is 6.54 Å². The summed E-state index contributed by atoms with van der Waals surface area (Å²) in [4.78, 5) is 16.2. The third-order valence-electron chi connectivity index (χ3n) is 2.49. The minimum absolute atomic E-state index is 0.140. The number of pyridine rings is 1. The largest absolute Gasteiger partial charge is 0.344 e. The Morgan fingerprint density at radius 3 is 3.06 bits per heavy atom. The van der Waals surface area contributed by atoms with Crippen LogP contribution >= 0.6 is 15.9 Å². The standard InChI is InChI=1S/C13H14BrN3O/c1-2-7-17-8-3-4-11(17)13(18)16-12-9-10(14)5-6-15-12/h3-6,8-9H,2,7H2,1H3,(H,15,16,18). The monoisotopic (exact) mass is 307 g/mol. The highest BCUT2D eigenvalue weighted by atomic mass is 79.9. The molecule has 5 heteroatoms. The highest BCUT2D eigenvalue weighted by Crippen LogP contribution is 2.14. The Morgan fingerprint density at radius 2 is 2.33 bits per heavy atom. The molecular weight excluding hydrogens is 294 g/mol. The van der Waals surface area contributed by atoms with Gasteiger partial charge in [0.05, 0.1) is 0 Å². The van der Waals surface area contributed by atoms with Crippen LogP contribution in [0.3, 0.4) is 0 Å². The Kier molecular flexibility index (Phi) is 4.15. The van der Waals surface area contributed by atoms with Gasteiger partial charge in [-0.05, 0) is 30.7 Å². The van der Waals surface area contributed by atoms with Gasteiger partial charge < -0.3 is 9.88 Å². The van der Waals surface area contributed by atoms with Crippen molar-refractivity contribution in [2.45, 2.75) is 19.9 Å². The summed E-state index contributed by atoms with van der Waals surface area (Å²) < 4.78 is 2.82. The molecule has 0 fully saturated rings. The normalized spacial score (nSPS) is 10.3. The van der Waals surface area contributed by atoms with Gasteiger partial charge in [0, 0.05) is 23.4 Å². The van der Waals surface area contributed by atoms with E-state index in [1.165, 1.54) is 0 Å². The quantitative estimate of drug-likeness (QED) is 0.942. The van der Waals surface area contributed by atoms with E-state index in [9.17, 15) is 4.79 Å². The van der Waals surface area contributed by atoms with E-state index < -0.39 is 0 Å². The minimum Gasteiger partial charge on any atom is -0.344 e. The van der Waals surface area contributed by atoms with Crippen molar-refractivity contribution in [1.29, 1.82) is 0 Å². The average Bonchev–Trinajstić information content (AvgIpc) is 2.78. The van der Waals surface area contributed by atoms with Gasteiger partial charge in [-0.25, -0.2) is 4.98 Å². The van der Waals surface area contributed by atoms with E-state index >= 15 is 0 Å². The lowest BCUT2D eigenvalue weighted by atomic mass is 10.3. The number of carbonyl (C=O) groups is 1. The summed E-state index contributed by atoms with van der Waals surface area (Å²) in [6.45, 7) is 2.92. The van der Waals surface area contributed by atoms with Crippen LogP contribution in [0.2, 0.25) is 0 Å². The van der Waals surface area contributed by atoms with Crippen LogP contribution in [0.5, 0.6) is 0 Å². The summed E-state index contributed by atoms with van der Waals surface area (Å²) in [5, 5.41) is 2.78. The lowest BCUT2D eigenvalue weighted by molar-refractivity contribution is 0.101. The van der Waals surface area contributed by atoms with Crippen LogP contribution in [0, 0.1) is 0 Å². The van der Waals surface area contributed by atoms with E-state index in [4.69, 9.17) is 0 Å². The third kappa shape index (κ3) is 2.98. The summed E-state index contributed by atoms with van der Waals surface area (Å²) >= 11 is 3.34. The van der Waals surface area contributed by atoms with Crippen LogP contribution < -0.4 is 5.32 Å². The van der Waals surface area contributed by atoms with Gasteiger partial charge in [0.1, 0.15) is 11.5 Å². The number of halogens is 1. The van der Waals surface area contributed by atoms with E-state index in [-0.39, 0.29) is 5.91 Å². The molecule has 0 aliphatic heterocycles. The fourth-order valence-electron chi connectivity index (χ4n) is 1.71. The Balaban J connectivity index is 2.14. The van der Waals surface area contributed by atoms with Gasteiger partial charge in [-0.15, -0.1) is 0 Å². The Hall–Kier alpha value is -1.62. The number of anilines is 1. The molecule has 0 saturated heterocycles. The lowest BCUT2D eigenvalue weighted by Gasteiger charge is -2.08. The molecule has 0 bridgehead atoms. The van der Waals surface area contributed by atoms with Crippen molar-refractivity contribution < 1.29 is 4.79 Å². The maximum absolute atomic E-state index is 12.1. The first kappa shape index (κ1) is 12.8. The molecule has 0 saturated carbocycles. The summed E-state index contributed by atoms with van der Waals surface area (Å²) in [5.74, 6) is 0.401. The van der Waals surface area contributed by atoms with Crippen molar-refractivity contribution >= 4 is 27.7 Å². The first-order chi connectivity index (χ1) is 8.70. The van der Waals surface area contributed by atoms with Crippen molar-refractivity contribution in [1.82, 2.24) is 9.55 Å². The van der Waals surface area contributed by atoms with Gasteiger partial charge in [-0.2, -0.15) is 0 Å². The van der Waals surface area contributed by atoms with E-state index in [0.717, 1.165) is 17.4 Å².